The van der Waals surface area contributed by atoms with Gasteiger partial charge in [-0.05, 0) is 18.2 Å². The smallest absolute Gasteiger partial charge is 0.322 e. The molecule has 82 valence electrons. The van der Waals surface area contributed by atoms with Crippen LogP contribution in [0, 0.1) is 0 Å². The summed E-state index contributed by atoms with van der Waals surface area (Å²) in [6.07, 6.45) is -2.59. The van der Waals surface area contributed by atoms with Crippen LogP contribution in [0.3, 0.4) is 0 Å². The summed E-state index contributed by atoms with van der Waals surface area (Å²) in [6.45, 7) is -0.301. The Hall–Kier alpha value is -1.17. The number of halogens is 3. The van der Waals surface area contributed by atoms with Crippen molar-refractivity contribution < 1.29 is 18.7 Å². The molecular weight excluding hydrogens is 272 g/mol. The molecule has 0 aliphatic heterocycles. The fourth-order valence-corrected chi connectivity index (χ4v) is 1.42. The normalized spacial score (nSPS) is 10.4. The second-order valence-electron chi connectivity index (χ2n) is 2.78. The number of anilines is 1. The van der Waals surface area contributed by atoms with E-state index >= 15 is 0 Å². The van der Waals surface area contributed by atoms with Gasteiger partial charge in [-0.2, -0.15) is 0 Å². The second kappa shape index (κ2) is 5.06. The highest BCUT2D eigenvalue weighted by atomic mass is 79.9. The van der Waals surface area contributed by atoms with Crippen LogP contribution in [0.4, 0.5) is 14.5 Å². The second-order valence-corrected chi connectivity index (χ2v) is 3.64. The van der Waals surface area contributed by atoms with Crippen molar-refractivity contribution in [2.24, 2.45) is 0 Å². The molecule has 0 fully saturated rings. The summed E-state index contributed by atoms with van der Waals surface area (Å²) in [5, 5.41) is 10.9. The van der Waals surface area contributed by atoms with Gasteiger partial charge in [-0.1, -0.05) is 15.9 Å². The third-order valence-corrected chi connectivity index (χ3v) is 2.40. The molecule has 2 N–H and O–H groups in total. The van der Waals surface area contributed by atoms with Crippen LogP contribution >= 0.6 is 15.9 Å². The fraction of sp³-hybridized carbons (Fsp3) is 0.222. The van der Waals surface area contributed by atoms with Gasteiger partial charge in [0.05, 0.1) is 0 Å². The van der Waals surface area contributed by atoms with Crippen LogP contribution in [0.2, 0.25) is 0 Å². The van der Waals surface area contributed by atoms with Crippen molar-refractivity contribution in [2.45, 2.75) is 6.43 Å². The number of carbonyl (C=O) groups is 1. The van der Waals surface area contributed by atoms with Crippen LogP contribution in [0.1, 0.15) is 12.0 Å². The number of hydrogen-bond acceptors (Lipinski definition) is 2. The molecule has 0 spiro atoms. The summed E-state index contributed by atoms with van der Waals surface area (Å²) in [4.78, 5) is 10.2. The van der Waals surface area contributed by atoms with Crippen LogP contribution in [0.25, 0.3) is 0 Å². The Kier molecular flexibility index (Phi) is 4.02. The molecule has 6 heteroatoms. The topological polar surface area (TPSA) is 49.3 Å². The monoisotopic (exact) mass is 279 g/mol. The molecular formula is C9H8BrF2NO2. The van der Waals surface area contributed by atoms with Crippen LogP contribution in [-0.2, 0) is 4.79 Å². The molecule has 1 aromatic rings. The third kappa shape index (κ3) is 3.47. The van der Waals surface area contributed by atoms with Gasteiger partial charge in [-0.15, -0.1) is 0 Å². The van der Waals surface area contributed by atoms with Gasteiger partial charge in [0.15, 0.2) is 0 Å². The molecule has 3 nitrogen and oxygen atoms in total. The Labute approximate surface area is 93.2 Å². The standard InChI is InChI=1S/C9H8BrF2NO2/c10-7-2-1-5(13-4-8(14)15)3-6(7)9(11)12/h1-3,9,13H,4H2,(H,14,15). The van der Waals surface area contributed by atoms with Crippen LogP contribution < -0.4 is 5.32 Å². The zero-order valence-corrected chi connectivity index (χ0v) is 9.09. The number of benzene rings is 1. The highest BCUT2D eigenvalue weighted by Gasteiger charge is 2.12. The van der Waals surface area contributed by atoms with Crippen molar-refractivity contribution >= 4 is 27.6 Å². The highest BCUT2D eigenvalue weighted by Crippen LogP contribution is 2.29. The minimum Gasteiger partial charge on any atom is -0.480 e. The number of rotatable bonds is 4. The maximum absolute atomic E-state index is 12.4. The number of carboxylic acid groups (broad SMARTS) is 1. The maximum atomic E-state index is 12.4. The molecule has 0 amide bonds. The Bertz CT molecular complexity index is 371. The molecule has 0 aromatic heterocycles. The first-order chi connectivity index (χ1) is 7.00. The van der Waals surface area contributed by atoms with E-state index in [1.165, 1.54) is 18.2 Å². The van der Waals surface area contributed by atoms with Gasteiger partial charge in [0.2, 0.25) is 0 Å². The summed E-state index contributed by atoms with van der Waals surface area (Å²) in [5.74, 6) is -1.04. The van der Waals surface area contributed by atoms with Crippen molar-refractivity contribution in [2.75, 3.05) is 11.9 Å². The molecule has 0 aliphatic rings. The third-order valence-electron chi connectivity index (χ3n) is 1.67. The number of carboxylic acids is 1. The largest absolute Gasteiger partial charge is 0.480 e. The van der Waals surface area contributed by atoms with Crippen molar-refractivity contribution in [3.63, 3.8) is 0 Å². The molecule has 0 atom stereocenters. The van der Waals surface area contributed by atoms with E-state index in [2.05, 4.69) is 21.2 Å². The van der Waals surface area contributed by atoms with E-state index in [1.54, 1.807) is 0 Å². The number of hydrogen-bond donors (Lipinski definition) is 2. The van der Waals surface area contributed by atoms with Crippen LogP contribution in [-0.4, -0.2) is 17.6 Å². The van der Waals surface area contributed by atoms with E-state index in [0.29, 0.717) is 10.2 Å². The SMILES string of the molecule is O=C(O)CNc1ccc(Br)c(C(F)F)c1. The average Bonchev–Trinajstić information content (AvgIpc) is 2.16. The molecule has 1 aromatic carbocycles. The summed E-state index contributed by atoms with van der Waals surface area (Å²) < 4.78 is 25.2. The van der Waals surface area contributed by atoms with Gasteiger partial charge in [0, 0.05) is 15.7 Å². The van der Waals surface area contributed by atoms with Crippen molar-refractivity contribution in [3.8, 4) is 0 Å². The zero-order chi connectivity index (χ0) is 11.4. The Morgan fingerprint density at radius 2 is 2.20 bits per heavy atom. The van der Waals surface area contributed by atoms with Crippen molar-refractivity contribution in [1.82, 2.24) is 0 Å². The summed E-state index contributed by atoms with van der Waals surface area (Å²) in [7, 11) is 0. The summed E-state index contributed by atoms with van der Waals surface area (Å²) >= 11 is 2.99. The van der Waals surface area contributed by atoms with E-state index in [0.717, 1.165) is 0 Å². The predicted molar refractivity (Wildman–Crippen MR) is 55.2 cm³/mol. The molecule has 0 saturated carbocycles. The fourth-order valence-electron chi connectivity index (χ4n) is 0.999. The van der Waals surface area contributed by atoms with E-state index < -0.39 is 12.4 Å². The first-order valence-corrected chi connectivity index (χ1v) is 4.83. The van der Waals surface area contributed by atoms with Crippen molar-refractivity contribution in [1.29, 1.82) is 0 Å². The lowest BCUT2D eigenvalue weighted by Crippen LogP contribution is -2.12. The van der Waals surface area contributed by atoms with Gasteiger partial charge >= 0.3 is 5.97 Å². The van der Waals surface area contributed by atoms with Gasteiger partial charge < -0.3 is 10.4 Å². The van der Waals surface area contributed by atoms with Gasteiger partial charge in [-0.25, -0.2) is 8.78 Å². The number of aliphatic carboxylic acids is 1. The number of nitrogens with one attached hydrogen (secondary N) is 1. The molecule has 1 rings (SSSR count). The van der Waals surface area contributed by atoms with E-state index in [-0.39, 0.29) is 12.1 Å². The quantitative estimate of drug-likeness (QED) is 0.891. The lowest BCUT2D eigenvalue weighted by Gasteiger charge is -2.07. The Morgan fingerprint density at radius 3 is 2.73 bits per heavy atom. The Balaban J connectivity index is 2.83. The zero-order valence-electron chi connectivity index (χ0n) is 7.51. The van der Waals surface area contributed by atoms with E-state index in [1.807, 2.05) is 0 Å². The van der Waals surface area contributed by atoms with Crippen LogP contribution in [0.15, 0.2) is 22.7 Å². The molecule has 0 bridgehead atoms. The van der Waals surface area contributed by atoms with Gasteiger partial charge in [0.25, 0.3) is 6.43 Å². The molecule has 15 heavy (non-hydrogen) atoms. The molecule has 0 radical (unpaired) electrons. The number of alkyl halides is 2. The summed E-state index contributed by atoms with van der Waals surface area (Å²) in [6, 6.07) is 4.20. The molecule has 0 unspecified atom stereocenters. The first kappa shape index (κ1) is 11.9. The minimum atomic E-state index is -2.59. The van der Waals surface area contributed by atoms with E-state index in [9.17, 15) is 13.6 Å². The van der Waals surface area contributed by atoms with Gasteiger partial charge in [0.1, 0.15) is 6.54 Å². The maximum Gasteiger partial charge on any atom is 0.322 e. The molecule has 0 heterocycles. The van der Waals surface area contributed by atoms with Crippen LogP contribution in [0.5, 0.6) is 0 Å². The summed E-state index contributed by atoms with van der Waals surface area (Å²) in [5.41, 5.74) is 0.196. The highest BCUT2D eigenvalue weighted by molar-refractivity contribution is 9.10. The lowest BCUT2D eigenvalue weighted by atomic mass is 10.2. The average molecular weight is 280 g/mol. The predicted octanol–water partition coefficient (Wildman–Crippen LogP) is 2.88. The van der Waals surface area contributed by atoms with Crippen molar-refractivity contribution in [3.05, 3.63) is 28.2 Å². The lowest BCUT2D eigenvalue weighted by molar-refractivity contribution is -0.134. The minimum absolute atomic E-state index is 0.162. The molecule has 0 aliphatic carbocycles. The Morgan fingerprint density at radius 1 is 1.53 bits per heavy atom. The van der Waals surface area contributed by atoms with E-state index in [4.69, 9.17) is 5.11 Å². The van der Waals surface area contributed by atoms with Gasteiger partial charge in [-0.3, -0.25) is 4.79 Å². The molecule has 0 saturated heterocycles. The first-order valence-electron chi connectivity index (χ1n) is 4.04.